The monoisotopic (exact) mass is 531 g/mol. The molecule has 2 aromatic heterocycles. The van der Waals surface area contributed by atoms with E-state index in [-0.39, 0.29) is 12.4 Å². The molecule has 1 amide bonds. The molecule has 3 heterocycles. The Labute approximate surface area is 231 Å². The van der Waals surface area contributed by atoms with Gasteiger partial charge in [-0.05, 0) is 81.4 Å². The van der Waals surface area contributed by atoms with Crippen molar-refractivity contribution in [3.63, 3.8) is 0 Å². The van der Waals surface area contributed by atoms with E-state index in [1.807, 2.05) is 47.5 Å². The number of rotatable bonds is 10. The van der Waals surface area contributed by atoms with Crippen molar-refractivity contribution in [2.75, 3.05) is 32.7 Å². The summed E-state index contributed by atoms with van der Waals surface area (Å²) in [6, 6.07) is 13.7. The van der Waals surface area contributed by atoms with E-state index in [0.29, 0.717) is 23.0 Å². The molecule has 8 heteroatoms. The smallest absolute Gasteiger partial charge is 0.290 e. The first-order valence-corrected chi connectivity index (χ1v) is 13.9. The average Bonchev–Trinajstić information content (AvgIpc) is 3.56. The number of hydrogen-bond acceptors (Lipinski definition) is 5. The van der Waals surface area contributed by atoms with E-state index in [2.05, 4.69) is 43.1 Å². The minimum Gasteiger partial charge on any atom is -0.483 e. The molecule has 0 spiro atoms. The molecule has 3 aromatic rings. The lowest BCUT2D eigenvalue weighted by atomic mass is 10.1. The zero-order chi connectivity index (χ0) is 28.4. The number of carbonyl (C=O) groups is 2. The van der Waals surface area contributed by atoms with Crippen LogP contribution in [0.2, 0.25) is 0 Å². The van der Waals surface area contributed by atoms with Crippen molar-refractivity contribution < 1.29 is 14.7 Å². The summed E-state index contributed by atoms with van der Waals surface area (Å²) in [5, 5.41) is 16.1. The molecule has 1 aromatic carbocycles. The quantitative estimate of drug-likeness (QED) is 0.354. The van der Waals surface area contributed by atoms with Gasteiger partial charge < -0.3 is 19.3 Å². The van der Waals surface area contributed by atoms with Gasteiger partial charge in [0, 0.05) is 24.8 Å². The second kappa shape index (κ2) is 14.5. The number of carbonyl (C=O) groups excluding carboxylic acids is 1. The number of benzene rings is 1. The third-order valence-electron chi connectivity index (χ3n) is 6.80. The first-order chi connectivity index (χ1) is 18.8. The molecule has 1 fully saturated rings. The Hall–Kier alpha value is -3.70. The Morgan fingerprint density at radius 2 is 1.69 bits per heavy atom. The van der Waals surface area contributed by atoms with Gasteiger partial charge >= 0.3 is 0 Å². The highest BCUT2D eigenvalue weighted by Gasteiger charge is 2.21. The van der Waals surface area contributed by atoms with Crippen molar-refractivity contribution in [3.8, 4) is 17.3 Å². The van der Waals surface area contributed by atoms with E-state index in [0.717, 1.165) is 55.1 Å². The second-order valence-electron chi connectivity index (χ2n) is 11.0. The first kappa shape index (κ1) is 29.9. The van der Waals surface area contributed by atoms with Gasteiger partial charge in [0.15, 0.2) is 0 Å². The Kier molecular flexibility index (Phi) is 11.1. The van der Waals surface area contributed by atoms with Crippen LogP contribution in [0.1, 0.15) is 68.6 Å². The number of fused-ring (bicyclic) bond motifs is 1. The number of amides is 1. The fourth-order valence-electron chi connectivity index (χ4n) is 5.17. The number of aryl methyl sites for hydroxylation is 1. The molecule has 0 atom stereocenters. The number of pyridine rings is 1. The molecule has 0 unspecified atom stereocenters. The minimum atomic E-state index is -0.250. The van der Waals surface area contributed by atoms with Gasteiger partial charge in [-0.2, -0.15) is 5.26 Å². The molecule has 8 nitrogen and oxygen atoms in total. The summed E-state index contributed by atoms with van der Waals surface area (Å²) in [6.45, 7) is 13.3. The van der Waals surface area contributed by atoms with Gasteiger partial charge in [-0.1, -0.05) is 39.8 Å². The molecule has 1 aliphatic rings. The minimum absolute atomic E-state index is 0.0796. The molecule has 1 saturated heterocycles. The van der Waals surface area contributed by atoms with Crippen LogP contribution in [-0.4, -0.2) is 69.4 Å². The van der Waals surface area contributed by atoms with E-state index in [1.165, 1.54) is 25.9 Å². The molecule has 208 valence electrons. The number of hydrogen-bond donors (Lipinski definition) is 1. The summed E-state index contributed by atoms with van der Waals surface area (Å²) in [4.78, 5) is 31.4. The van der Waals surface area contributed by atoms with Crippen LogP contribution < -0.4 is 0 Å². The standard InChI is InChI=1S/C30H39N5O.CH2O2/c1-22(2)19-34(20-23(3)4)30(36)26-13-14-28-32-29(25-11-9-24(18-31)10-12-25)27(35(28)21-26)8-7-17-33-15-5-6-16-33;2-1-3/h9-14,21-23H,5-8,15-17,19-20H2,1-4H3;1H,(H,2,3). The van der Waals surface area contributed by atoms with Gasteiger partial charge in [0.2, 0.25) is 0 Å². The number of carboxylic acid groups (broad SMARTS) is 1. The zero-order valence-electron chi connectivity index (χ0n) is 23.6. The molecule has 0 saturated carbocycles. The van der Waals surface area contributed by atoms with Crippen molar-refractivity contribution in [2.45, 2.75) is 53.4 Å². The molecule has 4 rings (SSSR count). The maximum absolute atomic E-state index is 13.6. The van der Waals surface area contributed by atoms with Gasteiger partial charge in [0.25, 0.3) is 12.4 Å². The Morgan fingerprint density at radius 3 is 2.26 bits per heavy atom. The van der Waals surface area contributed by atoms with Gasteiger partial charge in [-0.15, -0.1) is 0 Å². The Balaban J connectivity index is 0.00000134. The Bertz CT molecular complexity index is 1260. The van der Waals surface area contributed by atoms with E-state index >= 15 is 0 Å². The lowest BCUT2D eigenvalue weighted by Gasteiger charge is -2.26. The lowest BCUT2D eigenvalue weighted by molar-refractivity contribution is -0.122. The molecule has 0 radical (unpaired) electrons. The van der Waals surface area contributed by atoms with Crippen LogP contribution in [0.5, 0.6) is 0 Å². The molecule has 0 aliphatic carbocycles. The summed E-state index contributed by atoms with van der Waals surface area (Å²) in [6.07, 6.45) is 6.49. The SMILES string of the molecule is CC(C)CN(CC(C)C)C(=O)c1ccc2nc(-c3ccc(C#N)cc3)c(CCCN3CCCC3)n2c1.O=CO. The van der Waals surface area contributed by atoms with Gasteiger partial charge in [0.05, 0.1) is 28.6 Å². The van der Waals surface area contributed by atoms with Crippen LogP contribution in [0.4, 0.5) is 0 Å². The van der Waals surface area contributed by atoms with E-state index < -0.39 is 0 Å². The van der Waals surface area contributed by atoms with Gasteiger partial charge in [-0.25, -0.2) is 4.98 Å². The molecule has 1 aliphatic heterocycles. The fourth-order valence-corrected chi connectivity index (χ4v) is 5.17. The fraction of sp³-hybridized carbons (Fsp3) is 0.484. The third kappa shape index (κ3) is 8.14. The van der Waals surface area contributed by atoms with E-state index in [4.69, 9.17) is 14.9 Å². The number of nitriles is 1. The predicted molar refractivity (Wildman–Crippen MR) is 154 cm³/mol. The van der Waals surface area contributed by atoms with E-state index in [1.54, 1.807) is 0 Å². The highest BCUT2D eigenvalue weighted by atomic mass is 16.3. The highest BCUT2D eigenvalue weighted by Crippen LogP contribution is 2.27. The number of likely N-dealkylation sites (tertiary alicyclic amines) is 1. The zero-order valence-corrected chi connectivity index (χ0v) is 23.6. The Morgan fingerprint density at radius 1 is 1.08 bits per heavy atom. The summed E-state index contributed by atoms with van der Waals surface area (Å²) >= 11 is 0. The van der Waals surface area contributed by atoms with E-state index in [9.17, 15) is 10.1 Å². The van der Waals surface area contributed by atoms with Crippen LogP contribution in [-0.2, 0) is 11.2 Å². The molecular weight excluding hydrogens is 490 g/mol. The molecule has 1 N–H and O–H groups in total. The topological polar surface area (TPSA) is 102 Å². The number of nitrogens with zero attached hydrogens (tertiary/aromatic N) is 5. The second-order valence-corrected chi connectivity index (χ2v) is 11.0. The summed E-state index contributed by atoms with van der Waals surface area (Å²) in [7, 11) is 0. The van der Waals surface area contributed by atoms with Crippen LogP contribution in [0.25, 0.3) is 16.9 Å². The van der Waals surface area contributed by atoms with Crippen molar-refractivity contribution in [1.82, 2.24) is 19.2 Å². The number of aromatic nitrogens is 2. The summed E-state index contributed by atoms with van der Waals surface area (Å²) < 4.78 is 2.12. The van der Waals surface area contributed by atoms with Crippen LogP contribution >= 0.6 is 0 Å². The maximum Gasteiger partial charge on any atom is 0.290 e. The maximum atomic E-state index is 13.6. The molecular formula is C31H41N5O3. The van der Waals surface area contributed by atoms with Crippen LogP contribution in [0, 0.1) is 23.2 Å². The van der Waals surface area contributed by atoms with Crippen molar-refractivity contribution in [2.24, 2.45) is 11.8 Å². The van der Waals surface area contributed by atoms with Crippen molar-refractivity contribution in [3.05, 3.63) is 59.4 Å². The van der Waals surface area contributed by atoms with Gasteiger partial charge in [0.1, 0.15) is 5.65 Å². The summed E-state index contributed by atoms with van der Waals surface area (Å²) in [5.74, 6) is 0.901. The first-order valence-electron chi connectivity index (χ1n) is 13.9. The molecule has 0 bridgehead atoms. The van der Waals surface area contributed by atoms with Crippen LogP contribution in [0.3, 0.4) is 0 Å². The van der Waals surface area contributed by atoms with Crippen molar-refractivity contribution in [1.29, 1.82) is 5.26 Å². The molecule has 39 heavy (non-hydrogen) atoms. The highest BCUT2D eigenvalue weighted by molar-refractivity contribution is 5.94. The third-order valence-corrected chi connectivity index (χ3v) is 6.80. The predicted octanol–water partition coefficient (Wildman–Crippen LogP) is 5.36. The summed E-state index contributed by atoms with van der Waals surface area (Å²) in [5.41, 5.74) is 5.26. The number of imidazole rings is 1. The average molecular weight is 532 g/mol. The lowest BCUT2D eigenvalue weighted by Crippen LogP contribution is -2.37. The normalized spacial score (nSPS) is 13.4. The van der Waals surface area contributed by atoms with Gasteiger partial charge in [-0.3, -0.25) is 9.59 Å². The van der Waals surface area contributed by atoms with Crippen molar-refractivity contribution >= 4 is 18.0 Å². The van der Waals surface area contributed by atoms with Crippen LogP contribution in [0.15, 0.2) is 42.6 Å². The largest absolute Gasteiger partial charge is 0.483 e.